The predicted molar refractivity (Wildman–Crippen MR) is 182 cm³/mol. The van der Waals surface area contributed by atoms with Crippen LogP contribution in [-0.4, -0.2) is 54.8 Å². The van der Waals surface area contributed by atoms with Crippen molar-refractivity contribution in [3.8, 4) is 11.1 Å². The van der Waals surface area contributed by atoms with Gasteiger partial charge in [-0.25, -0.2) is 13.6 Å². The zero-order valence-corrected chi connectivity index (χ0v) is 27.3. The summed E-state index contributed by atoms with van der Waals surface area (Å²) in [5, 5.41) is 18.2. The number of carboxylic acid groups (broad SMARTS) is 1. The second-order valence-electron chi connectivity index (χ2n) is 11.3. The summed E-state index contributed by atoms with van der Waals surface area (Å²) in [6.07, 6.45) is 7.83. The lowest BCUT2D eigenvalue weighted by atomic mass is 9.91. The van der Waals surface area contributed by atoms with Gasteiger partial charge in [-0.05, 0) is 96.2 Å². The van der Waals surface area contributed by atoms with Gasteiger partial charge in [-0.1, -0.05) is 66.7 Å². The summed E-state index contributed by atoms with van der Waals surface area (Å²) >= 11 is 1.57. The van der Waals surface area contributed by atoms with Crippen molar-refractivity contribution < 1.29 is 23.1 Å². The van der Waals surface area contributed by atoms with Crippen molar-refractivity contribution in [2.45, 2.75) is 57.8 Å². The number of thioether (sulfide) groups is 1. The molecule has 0 spiro atoms. The van der Waals surface area contributed by atoms with Crippen LogP contribution in [0.2, 0.25) is 0 Å². The van der Waals surface area contributed by atoms with Crippen LogP contribution in [0.4, 0.5) is 0 Å². The van der Waals surface area contributed by atoms with Gasteiger partial charge in [0.2, 0.25) is 10.0 Å². The molecule has 0 aromatic heterocycles. The number of nitrogens with two attached hydrogens (primary N) is 1. The number of hydrogen-bond acceptors (Lipinski definition) is 7. The van der Waals surface area contributed by atoms with E-state index in [1.807, 2.05) is 67.8 Å². The van der Waals surface area contributed by atoms with Gasteiger partial charge in [0, 0.05) is 18.8 Å². The number of primary sulfonamides is 1. The largest absolute Gasteiger partial charge is 0.480 e. The summed E-state index contributed by atoms with van der Waals surface area (Å²) in [5.74, 6) is -0.291. The number of nitrogens with one attached hydrogen (secondary N) is 1. The molecule has 0 amide bonds. The first-order chi connectivity index (χ1) is 21.6. The third-order valence-electron chi connectivity index (χ3n) is 7.99. The third-order valence-corrected chi connectivity index (χ3v) is 9.70. The van der Waals surface area contributed by atoms with E-state index in [0.29, 0.717) is 44.5 Å². The number of aldehydes is 1. The van der Waals surface area contributed by atoms with Crippen molar-refractivity contribution in [1.29, 1.82) is 0 Å². The molecule has 3 aromatic carbocycles. The van der Waals surface area contributed by atoms with Gasteiger partial charge in [-0.3, -0.25) is 10.1 Å². The van der Waals surface area contributed by atoms with Gasteiger partial charge in [-0.2, -0.15) is 11.8 Å². The number of carbonyl (C=O) groups is 2. The molecule has 0 fully saturated rings. The van der Waals surface area contributed by atoms with Gasteiger partial charge in [-0.15, -0.1) is 0 Å². The highest BCUT2D eigenvalue weighted by Gasteiger charge is 2.23. The Kier molecular flexibility index (Phi) is 12.2. The Morgan fingerprint density at radius 2 is 1.71 bits per heavy atom. The number of aryl methyl sites for hydroxylation is 1. The van der Waals surface area contributed by atoms with Crippen LogP contribution in [0.1, 0.15) is 41.5 Å². The summed E-state index contributed by atoms with van der Waals surface area (Å²) in [6.45, 7) is 3.26. The summed E-state index contributed by atoms with van der Waals surface area (Å²) in [6, 6.07) is 23.0. The molecule has 1 aliphatic rings. The van der Waals surface area contributed by atoms with E-state index in [2.05, 4.69) is 34.5 Å². The Balaban J connectivity index is 1.69. The number of aliphatic carboxylic acids is 1. The molecule has 2 atom stereocenters. The molecule has 238 valence electrons. The first-order valence-electron chi connectivity index (χ1n) is 14.9. The molecule has 1 unspecified atom stereocenters. The quantitative estimate of drug-likeness (QED) is 0.176. The fourth-order valence-electron chi connectivity index (χ4n) is 5.57. The normalized spacial score (nSPS) is 14.6. The molecule has 0 aliphatic heterocycles. The van der Waals surface area contributed by atoms with Crippen molar-refractivity contribution in [3.05, 3.63) is 118 Å². The fourth-order valence-corrected chi connectivity index (χ4v) is 6.69. The number of allylic oxidation sites excluding steroid dienone is 4. The van der Waals surface area contributed by atoms with E-state index in [0.717, 1.165) is 45.4 Å². The molecule has 3 aromatic rings. The number of rotatable bonds is 16. The summed E-state index contributed by atoms with van der Waals surface area (Å²) in [5.41, 5.74) is 7.26. The topological polar surface area (TPSA) is 130 Å². The fraction of sp³-hybridized carbons (Fsp3) is 0.314. The van der Waals surface area contributed by atoms with Crippen LogP contribution in [0.3, 0.4) is 0 Å². The Morgan fingerprint density at radius 1 is 1.00 bits per heavy atom. The number of hydrogen-bond donors (Lipinski definition) is 3. The maximum atomic E-state index is 12.2. The average molecular weight is 648 g/mol. The number of sulfonamides is 1. The SMILES string of the molecule is CSCC[C@H](NC(C=O)Cc1ccc(CN(Cc2ccccc2)C2=CC=C(S(N)(=O)=O)CC2)cc1-c1ccccc1C)C(=O)O. The molecular weight excluding hydrogens is 607 g/mol. The zero-order valence-electron chi connectivity index (χ0n) is 25.7. The number of carboxylic acids is 1. The van der Waals surface area contributed by atoms with Crippen LogP contribution in [0, 0.1) is 6.92 Å². The maximum Gasteiger partial charge on any atom is 0.320 e. The highest BCUT2D eigenvalue weighted by molar-refractivity contribution is 7.98. The molecule has 0 heterocycles. The van der Waals surface area contributed by atoms with Gasteiger partial charge in [0.15, 0.2) is 0 Å². The van der Waals surface area contributed by atoms with E-state index < -0.39 is 28.1 Å². The molecule has 45 heavy (non-hydrogen) atoms. The molecule has 4 rings (SSSR count). The highest BCUT2D eigenvalue weighted by atomic mass is 32.2. The van der Waals surface area contributed by atoms with E-state index in [1.54, 1.807) is 17.8 Å². The van der Waals surface area contributed by atoms with Crippen molar-refractivity contribution in [3.63, 3.8) is 0 Å². The minimum Gasteiger partial charge on any atom is -0.480 e. The van der Waals surface area contributed by atoms with E-state index in [1.165, 1.54) is 0 Å². The van der Waals surface area contributed by atoms with Crippen LogP contribution in [0.25, 0.3) is 11.1 Å². The van der Waals surface area contributed by atoms with Gasteiger partial charge >= 0.3 is 5.97 Å². The van der Waals surface area contributed by atoms with Gasteiger partial charge in [0.1, 0.15) is 12.3 Å². The predicted octanol–water partition coefficient (Wildman–Crippen LogP) is 5.42. The van der Waals surface area contributed by atoms with E-state index >= 15 is 0 Å². The zero-order chi connectivity index (χ0) is 32.4. The van der Waals surface area contributed by atoms with Crippen molar-refractivity contribution in [2.75, 3.05) is 12.0 Å². The summed E-state index contributed by atoms with van der Waals surface area (Å²) < 4.78 is 23.8. The van der Waals surface area contributed by atoms with Crippen LogP contribution in [-0.2, 0) is 39.1 Å². The maximum absolute atomic E-state index is 12.2. The Morgan fingerprint density at radius 3 is 2.33 bits per heavy atom. The van der Waals surface area contributed by atoms with E-state index in [9.17, 15) is 23.1 Å². The number of benzene rings is 3. The second kappa shape index (κ2) is 16.0. The molecule has 10 heteroatoms. The van der Waals surface area contributed by atoms with Gasteiger partial charge in [0.05, 0.1) is 10.9 Å². The van der Waals surface area contributed by atoms with Gasteiger partial charge in [0.25, 0.3) is 0 Å². The first kappa shape index (κ1) is 34.2. The van der Waals surface area contributed by atoms with Crippen molar-refractivity contribution in [1.82, 2.24) is 10.2 Å². The molecule has 0 bridgehead atoms. The lowest BCUT2D eigenvalue weighted by molar-refractivity contribution is -0.139. The molecule has 1 aliphatic carbocycles. The number of nitrogens with zero attached hydrogens (tertiary/aromatic N) is 1. The molecule has 0 saturated carbocycles. The van der Waals surface area contributed by atoms with Crippen LogP contribution >= 0.6 is 11.8 Å². The minimum atomic E-state index is -3.73. The molecule has 4 N–H and O–H groups in total. The van der Waals surface area contributed by atoms with Crippen LogP contribution in [0.5, 0.6) is 0 Å². The number of carbonyl (C=O) groups excluding carboxylic acids is 1. The lowest BCUT2D eigenvalue weighted by Crippen LogP contribution is -2.45. The van der Waals surface area contributed by atoms with E-state index in [-0.39, 0.29) is 4.91 Å². The smallest absolute Gasteiger partial charge is 0.320 e. The Labute approximate surface area is 270 Å². The standard InChI is InChI=1S/C35H41N3O5S2/c1-25-8-6-7-11-32(25)33-20-27(12-13-28(33)21-29(24-39)37-34(35(40)41)18-19-44-2)23-38(22-26-9-4-3-5-10-26)30-14-16-31(17-15-30)45(36,42)43/h3-14,16,20,24,29,34,37H,15,17-19,21-23H2,1-2H3,(H,40,41)(H2,36,42,43)/t29?,34-/m0/s1. The van der Waals surface area contributed by atoms with Crippen molar-refractivity contribution in [2.24, 2.45) is 5.14 Å². The third kappa shape index (κ3) is 9.64. The second-order valence-corrected chi connectivity index (χ2v) is 13.9. The Bertz CT molecular complexity index is 1650. The molecule has 8 nitrogen and oxygen atoms in total. The highest BCUT2D eigenvalue weighted by Crippen LogP contribution is 2.31. The Hall–Kier alpha value is -3.70. The van der Waals surface area contributed by atoms with Crippen molar-refractivity contribution >= 4 is 34.0 Å². The monoisotopic (exact) mass is 647 g/mol. The van der Waals surface area contributed by atoms with Gasteiger partial charge < -0.3 is 14.8 Å². The van der Waals surface area contributed by atoms with Crippen LogP contribution in [0.15, 0.2) is 95.6 Å². The van der Waals surface area contributed by atoms with E-state index in [4.69, 9.17) is 5.14 Å². The van der Waals surface area contributed by atoms with Crippen LogP contribution < -0.4 is 10.5 Å². The first-order valence-corrected chi connectivity index (χ1v) is 17.9. The average Bonchev–Trinajstić information content (AvgIpc) is 3.03. The molecule has 0 saturated heterocycles. The minimum absolute atomic E-state index is 0.231. The summed E-state index contributed by atoms with van der Waals surface area (Å²) in [4.78, 5) is 26.5. The molecular formula is C35H41N3O5S2. The summed E-state index contributed by atoms with van der Waals surface area (Å²) in [7, 11) is -3.73. The lowest BCUT2D eigenvalue weighted by Gasteiger charge is -2.30. The molecule has 0 radical (unpaired) electrons.